The van der Waals surface area contributed by atoms with Crippen LogP contribution in [0.1, 0.15) is 51.6 Å². The standard InChI is InChI=1S/C28H32N4O3/c1-32(18-8-11-22-19-26(31-30-22)20-9-4-3-5-10-20)28(34)24-12-6-7-13-25(24)29-27(33)21-14-16-23(35-2)17-15-21/h3-7,9-10,12-17,22,26,30-31H,8,11,18-19H2,1-2H3,(H,29,33). The third kappa shape index (κ3) is 6.26. The molecule has 2 amide bonds. The summed E-state index contributed by atoms with van der Waals surface area (Å²) in [7, 11) is 3.38. The minimum atomic E-state index is -0.275. The maximum Gasteiger partial charge on any atom is 0.255 e. The van der Waals surface area contributed by atoms with E-state index in [0.717, 1.165) is 19.3 Å². The maximum atomic E-state index is 13.2. The van der Waals surface area contributed by atoms with E-state index in [1.165, 1.54) is 5.56 Å². The van der Waals surface area contributed by atoms with Crippen LogP contribution in [0.25, 0.3) is 0 Å². The van der Waals surface area contributed by atoms with Gasteiger partial charge in [0.25, 0.3) is 11.8 Å². The van der Waals surface area contributed by atoms with E-state index in [1.807, 2.05) is 18.2 Å². The zero-order chi connectivity index (χ0) is 24.6. The smallest absolute Gasteiger partial charge is 0.255 e. The van der Waals surface area contributed by atoms with E-state index < -0.39 is 0 Å². The molecule has 7 heteroatoms. The van der Waals surface area contributed by atoms with Crippen LogP contribution in [-0.4, -0.2) is 43.5 Å². The third-order valence-corrected chi connectivity index (χ3v) is 6.33. The highest BCUT2D eigenvalue weighted by atomic mass is 16.5. The average molecular weight is 473 g/mol. The molecule has 0 saturated carbocycles. The van der Waals surface area contributed by atoms with Crippen molar-refractivity contribution in [3.05, 3.63) is 95.6 Å². The normalized spacial score (nSPS) is 17.1. The quantitative estimate of drug-likeness (QED) is 0.430. The first-order chi connectivity index (χ1) is 17.0. The number of rotatable bonds is 9. The number of carbonyl (C=O) groups is 2. The summed E-state index contributed by atoms with van der Waals surface area (Å²) in [6.07, 6.45) is 2.86. The lowest BCUT2D eigenvalue weighted by molar-refractivity contribution is 0.0792. The Hall–Kier alpha value is -3.68. The van der Waals surface area contributed by atoms with Gasteiger partial charge < -0.3 is 15.0 Å². The molecule has 0 aliphatic carbocycles. The summed E-state index contributed by atoms with van der Waals surface area (Å²) >= 11 is 0. The molecule has 1 heterocycles. The SMILES string of the molecule is COc1ccc(C(=O)Nc2ccccc2C(=O)N(C)CCCC2CC(c3ccccc3)NN2)cc1. The third-order valence-electron chi connectivity index (χ3n) is 6.33. The summed E-state index contributed by atoms with van der Waals surface area (Å²) in [5, 5.41) is 2.88. The molecule has 1 fully saturated rings. The molecule has 0 radical (unpaired) electrons. The van der Waals surface area contributed by atoms with E-state index in [0.29, 0.717) is 41.2 Å². The predicted molar refractivity (Wildman–Crippen MR) is 137 cm³/mol. The fourth-order valence-electron chi connectivity index (χ4n) is 4.31. The number of nitrogens with one attached hydrogen (secondary N) is 3. The average Bonchev–Trinajstić information content (AvgIpc) is 3.38. The lowest BCUT2D eigenvalue weighted by Crippen LogP contribution is -2.32. The molecule has 3 N–H and O–H groups in total. The number of methoxy groups -OCH3 is 1. The predicted octanol–water partition coefficient (Wildman–Crippen LogP) is 4.41. The second-order valence-electron chi connectivity index (χ2n) is 8.78. The lowest BCUT2D eigenvalue weighted by atomic mass is 10.00. The lowest BCUT2D eigenvalue weighted by Gasteiger charge is -2.20. The van der Waals surface area contributed by atoms with Gasteiger partial charge in [-0.1, -0.05) is 42.5 Å². The monoisotopic (exact) mass is 472 g/mol. The number of hydrazine groups is 1. The van der Waals surface area contributed by atoms with E-state index in [9.17, 15) is 9.59 Å². The van der Waals surface area contributed by atoms with Gasteiger partial charge >= 0.3 is 0 Å². The van der Waals surface area contributed by atoms with Crippen molar-refractivity contribution in [2.45, 2.75) is 31.3 Å². The molecule has 182 valence electrons. The van der Waals surface area contributed by atoms with Crippen LogP contribution in [0.4, 0.5) is 5.69 Å². The molecular weight excluding hydrogens is 440 g/mol. The summed E-state index contributed by atoms with van der Waals surface area (Å²) in [4.78, 5) is 27.6. The van der Waals surface area contributed by atoms with Crippen molar-refractivity contribution in [2.75, 3.05) is 26.0 Å². The minimum absolute atomic E-state index is 0.115. The molecule has 1 aliphatic rings. The summed E-state index contributed by atoms with van der Waals surface area (Å²) in [6.45, 7) is 0.633. The highest BCUT2D eigenvalue weighted by molar-refractivity contribution is 6.09. The molecule has 7 nitrogen and oxygen atoms in total. The van der Waals surface area contributed by atoms with Crippen molar-refractivity contribution >= 4 is 17.5 Å². The van der Waals surface area contributed by atoms with Crippen LogP contribution in [-0.2, 0) is 0 Å². The summed E-state index contributed by atoms with van der Waals surface area (Å²) in [5.74, 6) is 0.288. The van der Waals surface area contributed by atoms with E-state index in [4.69, 9.17) is 4.74 Å². The fraction of sp³-hybridized carbons (Fsp3) is 0.286. The van der Waals surface area contributed by atoms with Crippen LogP contribution in [0.15, 0.2) is 78.9 Å². The van der Waals surface area contributed by atoms with Crippen LogP contribution < -0.4 is 20.9 Å². The Morgan fingerprint density at radius 2 is 1.69 bits per heavy atom. The number of amides is 2. The Morgan fingerprint density at radius 1 is 0.971 bits per heavy atom. The highest BCUT2D eigenvalue weighted by Crippen LogP contribution is 2.24. The molecule has 0 spiro atoms. The van der Waals surface area contributed by atoms with Crippen molar-refractivity contribution in [1.29, 1.82) is 0 Å². The van der Waals surface area contributed by atoms with Crippen molar-refractivity contribution < 1.29 is 14.3 Å². The minimum Gasteiger partial charge on any atom is -0.497 e. The van der Waals surface area contributed by atoms with Gasteiger partial charge in [0.1, 0.15) is 5.75 Å². The van der Waals surface area contributed by atoms with Crippen molar-refractivity contribution in [1.82, 2.24) is 15.8 Å². The first-order valence-corrected chi connectivity index (χ1v) is 11.9. The molecule has 35 heavy (non-hydrogen) atoms. The number of anilines is 1. The van der Waals surface area contributed by atoms with E-state index >= 15 is 0 Å². The van der Waals surface area contributed by atoms with Crippen molar-refractivity contribution in [3.63, 3.8) is 0 Å². The van der Waals surface area contributed by atoms with Gasteiger partial charge in [-0.3, -0.25) is 20.4 Å². The molecule has 2 atom stereocenters. The van der Waals surface area contributed by atoms with E-state index in [2.05, 4.69) is 40.4 Å². The number of nitrogens with zero attached hydrogens (tertiary/aromatic N) is 1. The summed E-state index contributed by atoms with van der Waals surface area (Å²) < 4.78 is 5.14. The zero-order valence-electron chi connectivity index (χ0n) is 20.2. The van der Waals surface area contributed by atoms with Gasteiger partial charge in [-0.05, 0) is 61.2 Å². The Balaban J connectivity index is 1.30. The van der Waals surface area contributed by atoms with Gasteiger partial charge in [0.15, 0.2) is 0 Å². The summed E-state index contributed by atoms with van der Waals surface area (Å²) in [5.41, 5.74) is 9.51. The number of hydrogen-bond donors (Lipinski definition) is 3. The van der Waals surface area contributed by atoms with E-state index in [-0.39, 0.29) is 11.8 Å². The molecule has 3 aromatic rings. The van der Waals surface area contributed by atoms with Gasteiger partial charge in [0, 0.05) is 31.2 Å². The van der Waals surface area contributed by atoms with Crippen LogP contribution in [0.3, 0.4) is 0 Å². The zero-order valence-corrected chi connectivity index (χ0v) is 20.2. The highest BCUT2D eigenvalue weighted by Gasteiger charge is 2.25. The Labute approximate surface area is 206 Å². The molecule has 1 saturated heterocycles. The first kappa shape index (κ1) is 24.4. The molecule has 4 rings (SSSR count). The molecule has 0 bridgehead atoms. The Morgan fingerprint density at radius 3 is 2.43 bits per heavy atom. The Bertz CT molecular complexity index is 1130. The number of para-hydroxylation sites is 1. The molecule has 2 unspecified atom stereocenters. The summed E-state index contributed by atoms with van der Waals surface area (Å²) in [6, 6.07) is 25.0. The maximum absolute atomic E-state index is 13.2. The van der Waals surface area contributed by atoms with E-state index in [1.54, 1.807) is 55.5 Å². The second kappa shape index (κ2) is 11.6. The van der Waals surface area contributed by atoms with Gasteiger partial charge in [-0.2, -0.15) is 0 Å². The van der Waals surface area contributed by atoms with Crippen molar-refractivity contribution in [2.24, 2.45) is 0 Å². The van der Waals surface area contributed by atoms with Crippen LogP contribution in [0.2, 0.25) is 0 Å². The number of carbonyl (C=O) groups excluding carboxylic acids is 2. The topological polar surface area (TPSA) is 82.7 Å². The van der Waals surface area contributed by atoms with Crippen LogP contribution in [0, 0.1) is 0 Å². The first-order valence-electron chi connectivity index (χ1n) is 11.9. The van der Waals surface area contributed by atoms with Gasteiger partial charge in [0.05, 0.1) is 18.4 Å². The molecule has 1 aliphatic heterocycles. The molecule has 3 aromatic carbocycles. The fourth-order valence-corrected chi connectivity index (χ4v) is 4.31. The Kier molecular flexibility index (Phi) is 8.13. The van der Waals surface area contributed by atoms with Gasteiger partial charge in [-0.25, -0.2) is 0 Å². The van der Waals surface area contributed by atoms with Crippen molar-refractivity contribution in [3.8, 4) is 5.75 Å². The second-order valence-corrected chi connectivity index (χ2v) is 8.78. The van der Waals surface area contributed by atoms with Crippen LogP contribution in [0.5, 0.6) is 5.75 Å². The number of hydrogen-bond acceptors (Lipinski definition) is 5. The van der Waals surface area contributed by atoms with Crippen LogP contribution >= 0.6 is 0 Å². The number of benzene rings is 3. The van der Waals surface area contributed by atoms with Gasteiger partial charge in [0.2, 0.25) is 0 Å². The molecular formula is C28H32N4O3. The largest absolute Gasteiger partial charge is 0.497 e. The van der Waals surface area contributed by atoms with Gasteiger partial charge in [-0.15, -0.1) is 0 Å². The number of ether oxygens (including phenoxy) is 1. The molecule has 0 aromatic heterocycles.